The number of carbonyl (C=O) groups excluding carboxylic acids is 1. The molecular weight excluding hydrogens is 370 g/mol. The number of hydrogen-bond acceptors (Lipinski definition) is 3. The zero-order chi connectivity index (χ0) is 16.5. The SMILES string of the molecule is CCCN(CC(=O)O)C(=O)CCCS(=O)c1ccc(Br)cc1. The van der Waals surface area contributed by atoms with Gasteiger partial charge < -0.3 is 10.0 Å². The van der Waals surface area contributed by atoms with Crippen LogP contribution in [-0.4, -0.2) is 44.9 Å². The highest BCUT2D eigenvalue weighted by atomic mass is 79.9. The normalized spacial score (nSPS) is 11.9. The molecule has 1 atom stereocenters. The van der Waals surface area contributed by atoms with Gasteiger partial charge in [0.25, 0.3) is 0 Å². The molecule has 1 amide bonds. The molecule has 0 aliphatic heterocycles. The number of benzene rings is 1. The number of aliphatic carboxylic acids is 1. The fraction of sp³-hybridized carbons (Fsp3) is 0.467. The Balaban J connectivity index is 2.44. The summed E-state index contributed by atoms with van der Waals surface area (Å²) in [4.78, 5) is 24.8. The fourth-order valence-corrected chi connectivity index (χ4v) is 3.29. The Bertz CT molecular complexity index is 533. The first kappa shape index (κ1) is 18.8. The Labute approximate surface area is 141 Å². The number of amides is 1. The summed E-state index contributed by atoms with van der Waals surface area (Å²) in [5.41, 5.74) is 0. The summed E-state index contributed by atoms with van der Waals surface area (Å²) in [5, 5.41) is 8.80. The van der Waals surface area contributed by atoms with Crippen molar-refractivity contribution in [1.29, 1.82) is 0 Å². The molecule has 1 aromatic rings. The lowest BCUT2D eigenvalue weighted by Crippen LogP contribution is -2.36. The molecule has 1 N–H and O–H groups in total. The van der Waals surface area contributed by atoms with Crippen LogP contribution in [0.1, 0.15) is 26.2 Å². The van der Waals surface area contributed by atoms with E-state index in [2.05, 4.69) is 15.9 Å². The van der Waals surface area contributed by atoms with E-state index in [1.54, 1.807) is 12.1 Å². The summed E-state index contributed by atoms with van der Waals surface area (Å²) in [6.45, 7) is 2.05. The van der Waals surface area contributed by atoms with Gasteiger partial charge in [0.05, 0.1) is 10.8 Å². The average molecular weight is 390 g/mol. The summed E-state index contributed by atoms with van der Waals surface area (Å²) in [5.74, 6) is -0.822. The molecule has 0 aromatic heterocycles. The number of carboxylic acid groups (broad SMARTS) is 1. The summed E-state index contributed by atoms with van der Waals surface area (Å²) in [6.07, 6.45) is 1.40. The molecule has 122 valence electrons. The van der Waals surface area contributed by atoms with Crippen LogP contribution in [0.4, 0.5) is 0 Å². The molecular formula is C15H20BrNO4S. The molecule has 5 nitrogen and oxygen atoms in total. The largest absolute Gasteiger partial charge is 0.480 e. The highest BCUT2D eigenvalue weighted by Gasteiger charge is 2.16. The van der Waals surface area contributed by atoms with Gasteiger partial charge in [0.15, 0.2) is 0 Å². The molecule has 22 heavy (non-hydrogen) atoms. The maximum atomic E-state index is 12.1. The van der Waals surface area contributed by atoms with Gasteiger partial charge in [0.1, 0.15) is 6.54 Å². The van der Waals surface area contributed by atoms with Crippen molar-refractivity contribution >= 4 is 38.6 Å². The van der Waals surface area contributed by atoms with Crippen molar-refractivity contribution in [1.82, 2.24) is 4.90 Å². The number of rotatable bonds is 9. The van der Waals surface area contributed by atoms with Gasteiger partial charge in [-0.3, -0.25) is 13.8 Å². The Morgan fingerprint density at radius 3 is 2.45 bits per heavy atom. The smallest absolute Gasteiger partial charge is 0.323 e. The van der Waals surface area contributed by atoms with Gasteiger partial charge in [-0.05, 0) is 37.1 Å². The van der Waals surface area contributed by atoms with Crippen molar-refractivity contribution in [2.45, 2.75) is 31.1 Å². The van der Waals surface area contributed by atoms with Crippen molar-refractivity contribution in [2.75, 3.05) is 18.8 Å². The fourth-order valence-electron chi connectivity index (χ4n) is 1.94. The molecule has 0 bridgehead atoms. The molecule has 1 unspecified atom stereocenters. The minimum Gasteiger partial charge on any atom is -0.480 e. The van der Waals surface area contributed by atoms with Crippen LogP contribution in [0.15, 0.2) is 33.6 Å². The lowest BCUT2D eigenvalue weighted by molar-refractivity contribution is -0.144. The highest BCUT2D eigenvalue weighted by molar-refractivity contribution is 9.10. The molecule has 0 fully saturated rings. The van der Waals surface area contributed by atoms with E-state index in [9.17, 15) is 13.8 Å². The van der Waals surface area contributed by atoms with Crippen LogP contribution in [0.25, 0.3) is 0 Å². The van der Waals surface area contributed by atoms with Crippen LogP contribution >= 0.6 is 15.9 Å². The summed E-state index contributed by atoms with van der Waals surface area (Å²) < 4.78 is 13.0. The van der Waals surface area contributed by atoms with Crippen molar-refractivity contribution in [3.63, 3.8) is 0 Å². The molecule has 0 aliphatic rings. The van der Waals surface area contributed by atoms with E-state index in [1.165, 1.54) is 4.90 Å². The maximum absolute atomic E-state index is 12.1. The van der Waals surface area contributed by atoms with Crippen molar-refractivity contribution in [2.24, 2.45) is 0 Å². The third-order valence-corrected chi connectivity index (χ3v) is 4.96. The predicted octanol–water partition coefficient (Wildman–Crippen LogP) is 2.66. The highest BCUT2D eigenvalue weighted by Crippen LogP contribution is 2.14. The zero-order valence-corrected chi connectivity index (χ0v) is 14.9. The van der Waals surface area contributed by atoms with Crippen LogP contribution in [0.2, 0.25) is 0 Å². The molecule has 0 spiro atoms. The minimum absolute atomic E-state index is 0.197. The first-order valence-corrected chi connectivity index (χ1v) is 9.18. The summed E-state index contributed by atoms with van der Waals surface area (Å²) in [6, 6.07) is 7.23. The van der Waals surface area contributed by atoms with Crippen molar-refractivity contribution in [3.05, 3.63) is 28.7 Å². The molecule has 1 aromatic carbocycles. The summed E-state index contributed by atoms with van der Waals surface area (Å²) in [7, 11) is -1.14. The van der Waals surface area contributed by atoms with Gasteiger partial charge in [0.2, 0.25) is 5.91 Å². The molecule has 0 saturated heterocycles. The molecule has 1 rings (SSSR count). The Kier molecular flexibility index (Phi) is 8.34. The second kappa shape index (κ2) is 9.74. The first-order chi connectivity index (χ1) is 10.4. The lowest BCUT2D eigenvalue weighted by atomic mass is 10.3. The minimum atomic E-state index is -1.14. The molecule has 0 radical (unpaired) electrons. The van der Waals surface area contributed by atoms with Gasteiger partial charge in [-0.1, -0.05) is 22.9 Å². The van der Waals surface area contributed by atoms with Crippen LogP contribution in [0.3, 0.4) is 0 Å². The molecule has 0 aliphatic carbocycles. The third kappa shape index (κ3) is 6.70. The van der Waals surface area contributed by atoms with E-state index in [0.717, 1.165) is 9.37 Å². The second-order valence-electron chi connectivity index (χ2n) is 4.82. The van der Waals surface area contributed by atoms with Crippen LogP contribution in [0, 0.1) is 0 Å². The quantitative estimate of drug-likeness (QED) is 0.704. The van der Waals surface area contributed by atoms with Crippen LogP contribution in [-0.2, 0) is 20.4 Å². The van der Waals surface area contributed by atoms with Crippen molar-refractivity contribution in [3.8, 4) is 0 Å². The van der Waals surface area contributed by atoms with E-state index < -0.39 is 16.8 Å². The lowest BCUT2D eigenvalue weighted by Gasteiger charge is -2.19. The molecule has 0 saturated carbocycles. The number of nitrogens with zero attached hydrogens (tertiary/aromatic N) is 1. The van der Waals surface area contributed by atoms with E-state index in [-0.39, 0.29) is 18.9 Å². The van der Waals surface area contributed by atoms with E-state index >= 15 is 0 Å². The van der Waals surface area contributed by atoms with Gasteiger partial charge in [-0.25, -0.2) is 0 Å². The van der Waals surface area contributed by atoms with Gasteiger partial charge in [-0.15, -0.1) is 0 Å². The topological polar surface area (TPSA) is 74.7 Å². The zero-order valence-electron chi connectivity index (χ0n) is 12.5. The first-order valence-electron chi connectivity index (χ1n) is 7.07. The number of halogens is 1. The standard InChI is InChI=1S/C15H20BrNO4S/c1-2-9-17(11-15(19)20)14(18)4-3-10-22(21)13-7-5-12(16)6-8-13/h5-8H,2-4,9-11H2,1H3,(H,19,20). The van der Waals surface area contributed by atoms with E-state index in [0.29, 0.717) is 25.1 Å². The Morgan fingerprint density at radius 2 is 1.91 bits per heavy atom. The van der Waals surface area contributed by atoms with Gasteiger partial charge in [0, 0.05) is 28.1 Å². The number of hydrogen-bond donors (Lipinski definition) is 1. The molecule has 0 heterocycles. The predicted molar refractivity (Wildman–Crippen MR) is 89.2 cm³/mol. The monoisotopic (exact) mass is 389 g/mol. The van der Waals surface area contributed by atoms with E-state index in [1.807, 2.05) is 19.1 Å². The van der Waals surface area contributed by atoms with Crippen LogP contribution in [0.5, 0.6) is 0 Å². The van der Waals surface area contributed by atoms with Crippen LogP contribution < -0.4 is 0 Å². The third-order valence-electron chi connectivity index (χ3n) is 2.97. The van der Waals surface area contributed by atoms with Gasteiger partial charge in [-0.2, -0.15) is 0 Å². The van der Waals surface area contributed by atoms with Gasteiger partial charge >= 0.3 is 5.97 Å². The summed E-state index contributed by atoms with van der Waals surface area (Å²) >= 11 is 3.32. The Hall–Kier alpha value is -1.21. The number of carbonyl (C=O) groups is 2. The average Bonchev–Trinajstić information content (AvgIpc) is 2.46. The Morgan fingerprint density at radius 1 is 1.27 bits per heavy atom. The van der Waals surface area contributed by atoms with Crippen molar-refractivity contribution < 1.29 is 18.9 Å². The van der Waals surface area contributed by atoms with E-state index in [4.69, 9.17) is 5.11 Å². The second-order valence-corrected chi connectivity index (χ2v) is 7.30. The maximum Gasteiger partial charge on any atom is 0.323 e. The molecule has 7 heteroatoms. The number of carboxylic acids is 1.